The zero-order valence-corrected chi connectivity index (χ0v) is 17.0. The molecule has 3 rings (SSSR count). The van der Waals surface area contributed by atoms with Crippen LogP contribution in [0.2, 0.25) is 0 Å². The summed E-state index contributed by atoms with van der Waals surface area (Å²) in [5.41, 5.74) is 2.20. The molecule has 0 aromatic heterocycles. The average Bonchev–Trinajstić information content (AvgIpc) is 3.25. The Labute approximate surface area is 170 Å². The molecule has 4 amide bonds. The monoisotopic (exact) mass is 401 g/mol. The predicted molar refractivity (Wildman–Crippen MR) is 106 cm³/mol. The topological polar surface area (TPSA) is 105 Å². The summed E-state index contributed by atoms with van der Waals surface area (Å²) in [6.07, 6.45) is 2.96. The van der Waals surface area contributed by atoms with Crippen LogP contribution in [-0.2, 0) is 32.0 Å². The molecule has 0 radical (unpaired) electrons. The molecular formula is C21H27N3O5. The first kappa shape index (κ1) is 20.8. The molecule has 1 saturated heterocycles. The van der Waals surface area contributed by atoms with Crippen molar-refractivity contribution < 1.29 is 23.9 Å². The largest absolute Gasteiger partial charge is 0.451 e. The van der Waals surface area contributed by atoms with Crippen molar-refractivity contribution in [3.63, 3.8) is 0 Å². The Bertz CT molecular complexity index is 847. The second-order valence-corrected chi connectivity index (χ2v) is 7.57. The van der Waals surface area contributed by atoms with Crippen LogP contribution < -0.4 is 10.6 Å². The molecule has 0 saturated carbocycles. The summed E-state index contributed by atoms with van der Waals surface area (Å²) in [5, 5.41) is 5.39. The highest BCUT2D eigenvalue weighted by molar-refractivity contribution is 6.08. The number of fused-ring (bicyclic) bond motifs is 1. The van der Waals surface area contributed by atoms with Gasteiger partial charge in [-0.05, 0) is 62.3 Å². The normalized spacial score (nSPS) is 18.2. The Kier molecular flexibility index (Phi) is 5.91. The van der Waals surface area contributed by atoms with Crippen LogP contribution in [0.4, 0.5) is 10.5 Å². The Morgan fingerprint density at radius 2 is 1.90 bits per heavy atom. The first-order valence-electron chi connectivity index (χ1n) is 10.1. The number of anilines is 1. The predicted octanol–water partition coefficient (Wildman–Crippen LogP) is 2.16. The maximum Gasteiger partial charge on any atom is 0.327 e. The fourth-order valence-electron chi connectivity index (χ4n) is 3.86. The van der Waals surface area contributed by atoms with Crippen LogP contribution >= 0.6 is 0 Å². The molecule has 8 nitrogen and oxygen atoms in total. The van der Waals surface area contributed by atoms with Crippen LogP contribution in [0.5, 0.6) is 0 Å². The van der Waals surface area contributed by atoms with Crippen molar-refractivity contribution >= 4 is 29.5 Å². The highest BCUT2D eigenvalue weighted by Gasteiger charge is 2.49. The molecule has 2 aliphatic rings. The van der Waals surface area contributed by atoms with Crippen molar-refractivity contribution in [2.24, 2.45) is 0 Å². The number of amides is 4. The number of carbonyl (C=O) groups excluding carboxylic acids is 4. The number of urea groups is 1. The van der Waals surface area contributed by atoms with Gasteiger partial charge in [0.15, 0.2) is 6.10 Å². The van der Waals surface area contributed by atoms with Crippen molar-refractivity contribution in [3.05, 3.63) is 29.3 Å². The SMILES string of the molecule is CCC1(CC)NC(=O)N(CC(=O)O[C@@H](C)C(=O)Nc2ccc3c(c2)CCC3)C1=O. The zero-order valence-electron chi connectivity index (χ0n) is 17.0. The Balaban J connectivity index is 1.55. The van der Waals surface area contributed by atoms with Gasteiger partial charge in [0.25, 0.3) is 11.8 Å². The van der Waals surface area contributed by atoms with Crippen LogP contribution in [0.1, 0.15) is 51.2 Å². The maximum absolute atomic E-state index is 12.5. The van der Waals surface area contributed by atoms with Gasteiger partial charge in [0.05, 0.1) is 0 Å². The highest BCUT2D eigenvalue weighted by atomic mass is 16.5. The molecular weight excluding hydrogens is 374 g/mol. The summed E-state index contributed by atoms with van der Waals surface area (Å²) in [6.45, 7) is 4.53. The lowest BCUT2D eigenvalue weighted by Gasteiger charge is -2.23. The molecule has 1 fully saturated rings. The van der Waals surface area contributed by atoms with E-state index in [0.717, 1.165) is 24.2 Å². The molecule has 1 atom stereocenters. The third-order valence-electron chi connectivity index (χ3n) is 5.78. The van der Waals surface area contributed by atoms with Gasteiger partial charge in [-0.15, -0.1) is 0 Å². The third kappa shape index (κ3) is 4.11. The van der Waals surface area contributed by atoms with Crippen LogP contribution in [0, 0.1) is 0 Å². The molecule has 0 spiro atoms. The van der Waals surface area contributed by atoms with Gasteiger partial charge in [-0.25, -0.2) is 4.79 Å². The van der Waals surface area contributed by atoms with Crippen molar-refractivity contribution in [1.29, 1.82) is 0 Å². The molecule has 2 N–H and O–H groups in total. The van der Waals surface area contributed by atoms with Crippen molar-refractivity contribution in [2.45, 2.75) is 64.5 Å². The van der Waals surface area contributed by atoms with Gasteiger partial charge < -0.3 is 15.4 Å². The number of aryl methyl sites for hydroxylation is 2. The molecule has 8 heteroatoms. The van der Waals surface area contributed by atoms with Crippen LogP contribution in [0.25, 0.3) is 0 Å². The van der Waals surface area contributed by atoms with Gasteiger partial charge in [-0.3, -0.25) is 19.3 Å². The Morgan fingerprint density at radius 1 is 1.21 bits per heavy atom. The van der Waals surface area contributed by atoms with E-state index in [-0.39, 0.29) is 0 Å². The fourth-order valence-corrected chi connectivity index (χ4v) is 3.86. The quantitative estimate of drug-likeness (QED) is 0.538. The standard InChI is InChI=1S/C21H27N3O5/c1-4-21(5-2)19(27)24(20(28)23-21)12-17(25)29-13(3)18(26)22-16-10-9-14-7-6-8-15(14)11-16/h9-11,13H,4-8,12H2,1-3H3,(H,22,26)(H,23,28)/t13-/m0/s1. The van der Waals surface area contributed by atoms with E-state index in [9.17, 15) is 19.2 Å². The Morgan fingerprint density at radius 3 is 2.55 bits per heavy atom. The number of hydrogen-bond donors (Lipinski definition) is 2. The number of carbonyl (C=O) groups is 4. The highest BCUT2D eigenvalue weighted by Crippen LogP contribution is 2.26. The molecule has 1 aliphatic heterocycles. The van der Waals surface area contributed by atoms with Gasteiger partial charge in [0.2, 0.25) is 0 Å². The van der Waals surface area contributed by atoms with E-state index in [1.807, 2.05) is 18.2 Å². The van der Waals surface area contributed by atoms with E-state index >= 15 is 0 Å². The van der Waals surface area contributed by atoms with Crippen molar-refractivity contribution in [3.8, 4) is 0 Å². The van der Waals surface area contributed by atoms with E-state index in [1.165, 1.54) is 18.1 Å². The number of hydrogen-bond acceptors (Lipinski definition) is 5. The fraction of sp³-hybridized carbons (Fsp3) is 0.524. The zero-order chi connectivity index (χ0) is 21.2. The number of nitrogens with zero attached hydrogens (tertiary/aromatic N) is 1. The first-order valence-corrected chi connectivity index (χ1v) is 10.1. The molecule has 1 aromatic rings. The minimum Gasteiger partial charge on any atom is -0.451 e. The lowest BCUT2D eigenvalue weighted by molar-refractivity contribution is -0.155. The summed E-state index contributed by atoms with van der Waals surface area (Å²) in [4.78, 5) is 50.1. The van der Waals surface area contributed by atoms with E-state index < -0.39 is 42.0 Å². The second-order valence-electron chi connectivity index (χ2n) is 7.57. The minimum atomic E-state index is -1.06. The lowest BCUT2D eigenvalue weighted by Crippen LogP contribution is -2.46. The van der Waals surface area contributed by atoms with Crippen LogP contribution in [-0.4, -0.2) is 46.9 Å². The van der Waals surface area contributed by atoms with Crippen molar-refractivity contribution in [1.82, 2.24) is 10.2 Å². The van der Waals surface area contributed by atoms with Gasteiger partial charge in [-0.2, -0.15) is 0 Å². The lowest BCUT2D eigenvalue weighted by atomic mass is 9.93. The first-order chi connectivity index (χ1) is 13.8. The van der Waals surface area contributed by atoms with Crippen LogP contribution in [0.3, 0.4) is 0 Å². The Hall–Kier alpha value is -2.90. The summed E-state index contributed by atoms with van der Waals surface area (Å²) in [6, 6.07) is 5.15. The number of ether oxygens (including phenoxy) is 1. The third-order valence-corrected chi connectivity index (χ3v) is 5.78. The molecule has 0 unspecified atom stereocenters. The maximum atomic E-state index is 12.5. The van der Waals surface area contributed by atoms with Crippen LogP contribution in [0.15, 0.2) is 18.2 Å². The van der Waals surface area contributed by atoms with Crippen molar-refractivity contribution in [2.75, 3.05) is 11.9 Å². The molecule has 1 aromatic carbocycles. The molecule has 1 heterocycles. The van der Waals surface area contributed by atoms with Gasteiger partial charge in [-0.1, -0.05) is 19.9 Å². The summed E-state index contributed by atoms with van der Waals surface area (Å²) in [5.74, 6) is -1.72. The number of nitrogens with one attached hydrogen (secondary N) is 2. The van der Waals surface area contributed by atoms with E-state index in [1.54, 1.807) is 13.8 Å². The number of imide groups is 1. The summed E-state index contributed by atoms with van der Waals surface area (Å²) < 4.78 is 5.15. The van der Waals surface area contributed by atoms with Gasteiger partial charge >= 0.3 is 12.0 Å². The smallest absolute Gasteiger partial charge is 0.327 e. The number of benzene rings is 1. The van der Waals surface area contributed by atoms with Gasteiger partial charge in [0, 0.05) is 5.69 Å². The number of rotatable bonds is 7. The van der Waals surface area contributed by atoms with Gasteiger partial charge in [0.1, 0.15) is 12.1 Å². The number of esters is 1. The minimum absolute atomic E-state index is 0.430. The van der Waals surface area contributed by atoms with E-state index in [2.05, 4.69) is 10.6 Å². The molecule has 0 bridgehead atoms. The summed E-state index contributed by atoms with van der Waals surface area (Å²) in [7, 11) is 0. The van der Waals surface area contributed by atoms with E-state index in [4.69, 9.17) is 4.74 Å². The van der Waals surface area contributed by atoms with E-state index in [0.29, 0.717) is 18.5 Å². The second kappa shape index (κ2) is 8.23. The molecule has 1 aliphatic carbocycles. The average molecular weight is 401 g/mol. The summed E-state index contributed by atoms with van der Waals surface area (Å²) >= 11 is 0. The molecule has 156 valence electrons. The molecule has 29 heavy (non-hydrogen) atoms.